The van der Waals surface area contributed by atoms with E-state index in [4.69, 9.17) is 14.2 Å². The molecule has 1 amide bonds. The first-order valence-corrected chi connectivity index (χ1v) is 12.0. The van der Waals surface area contributed by atoms with Crippen LogP contribution >= 0.6 is 31.9 Å². The zero-order chi connectivity index (χ0) is 24.2. The predicted molar refractivity (Wildman–Crippen MR) is 135 cm³/mol. The third-order valence-corrected chi connectivity index (χ3v) is 6.21. The van der Waals surface area contributed by atoms with E-state index >= 15 is 0 Å². The van der Waals surface area contributed by atoms with Gasteiger partial charge in [-0.1, -0.05) is 31.9 Å². The number of hydrogen-bond donors (Lipinski definition) is 0. The maximum atomic E-state index is 13.1. The highest BCUT2D eigenvalue weighted by atomic mass is 79.9. The van der Waals surface area contributed by atoms with Crippen LogP contribution in [-0.4, -0.2) is 66.7 Å². The molecule has 1 aliphatic rings. The maximum absolute atomic E-state index is 13.1. The van der Waals surface area contributed by atoms with Crippen LogP contribution in [0.15, 0.2) is 49.2 Å². The van der Waals surface area contributed by atoms with Crippen LogP contribution in [0.2, 0.25) is 0 Å². The van der Waals surface area contributed by atoms with E-state index in [2.05, 4.69) is 41.9 Å². The summed E-state index contributed by atoms with van der Waals surface area (Å²) in [5.74, 6) is 1.06. The summed E-state index contributed by atoms with van der Waals surface area (Å²) in [6.07, 6.45) is 1.49. The first-order valence-electron chi connectivity index (χ1n) is 10.5. The Balaban J connectivity index is 1.67. The van der Waals surface area contributed by atoms with Crippen LogP contribution in [0, 0.1) is 6.92 Å². The number of carbonyl (C=O) groups is 1. The number of benzene rings is 2. The summed E-state index contributed by atoms with van der Waals surface area (Å²) in [7, 11) is 1.51. The molecule has 2 heterocycles. The number of hydrogen-bond acceptors (Lipinski definition) is 7. The van der Waals surface area contributed by atoms with Crippen molar-refractivity contribution in [1.29, 1.82) is 0 Å². The van der Waals surface area contributed by atoms with Gasteiger partial charge in [0.1, 0.15) is 5.82 Å². The average Bonchev–Trinajstić information content (AvgIpc) is 2.83. The lowest BCUT2D eigenvalue weighted by molar-refractivity contribution is -0.137. The Hall–Kier alpha value is -2.76. The largest absolute Gasteiger partial charge is 0.493 e. The SMILES string of the molecule is COc1cc(Br)cc(C=Nn2c(C)nc3ccc(Br)cc3c2=O)c1OCC(=O)N1CCOCC1. The monoisotopic (exact) mass is 592 g/mol. The first-order chi connectivity index (χ1) is 16.4. The smallest absolute Gasteiger partial charge is 0.282 e. The number of ether oxygens (including phenoxy) is 3. The van der Waals surface area contributed by atoms with Crippen molar-refractivity contribution in [2.24, 2.45) is 5.10 Å². The Morgan fingerprint density at radius 3 is 2.71 bits per heavy atom. The molecule has 0 N–H and O–H groups in total. The molecule has 11 heteroatoms. The zero-order valence-electron chi connectivity index (χ0n) is 18.6. The summed E-state index contributed by atoms with van der Waals surface area (Å²) < 4.78 is 19.4. The minimum absolute atomic E-state index is 0.146. The highest BCUT2D eigenvalue weighted by Gasteiger charge is 2.19. The molecule has 0 aliphatic carbocycles. The summed E-state index contributed by atoms with van der Waals surface area (Å²) in [6.45, 7) is 3.62. The fourth-order valence-corrected chi connectivity index (χ4v) is 4.36. The van der Waals surface area contributed by atoms with Gasteiger partial charge in [0.2, 0.25) is 0 Å². The maximum Gasteiger partial charge on any atom is 0.282 e. The molecule has 0 saturated carbocycles. The zero-order valence-corrected chi connectivity index (χ0v) is 21.8. The summed E-state index contributed by atoms with van der Waals surface area (Å²) in [5, 5.41) is 4.82. The van der Waals surface area contributed by atoms with Crippen molar-refractivity contribution in [2.75, 3.05) is 40.0 Å². The Morgan fingerprint density at radius 2 is 1.97 bits per heavy atom. The lowest BCUT2D eigenvalue weighted by Crippen LogP contribution is -2.43. The van der Waals surface area contributed by atoms with Gasteiger partial charge in [-0.3, -0.25) is 9.59 Å². The molecule has 0 unspecified atom stereocenters. The van der Waals surface area contributed by atoms with Crippen molar-refractivity contribution in [3.05, 3.63) is 61.0 Å². The quantitative estimate of drug-likeness (QED) is 0.407. The lowest BCUT2D eigenvalue weighted by Gasteiger charge is -2.27. The first kappa shape index (κ1) is 24.4. The number of aryl methyl sites for hydroxylation is 1. The summed E-state index contributed by atoms with van der Waals surface area (Å²) >= 11 is 6.84. The fraction of sp³-hybridized carbons (Fsp3) is 0.304. The van der Waals surface area contributed by atoms with Crippen LogP contribution in [0.3, 0.4) is 0 Å². The molecule has 1 aliphatic heterocycles. The molecule has 178 valence electrons. The van der Waals surface area contributed by atoms with Crippen molar-refractivity contribution in [3.8, 4) is 11.5 Å². The second kappa shape index (κ2) is 10.7. The van der Waals surface area contributed by atoms with E-state index in [9.17, 15) is 9.59 Å². The molecule has 34 heavy (non-hydrogen) atoms. The minimum atomic E-state index is -0.299. The number of halogens is 2. The summed E-state index contributed by atoms with van der Waals surface area (Å²) in [5.41, 5.74) is 0.820. The molecule has 0 atom stereocenters. The number of rotatable bonds is 6. The Kier molecular flexibility index (Phi) is 7.64. The number of morpholine rings is 1. The van der Waals surface area contributed by atoms with Gasteiger partial charge in [0.25, 0.3) is 11.5 Å². The Labute approximate surface area is 212 Å². The number of aromatic nitrogens is 2. The van der Waals surface area contributed by atoms with Gasteiger partial charge in [-0.05, 0) is 37.3 Å². The van der Waals surface area contributed by atoms with E-state index < -0.39 is 0 Å². The lowest BCUT2D eigenvalue weighted by atomic mass is 10.2. The minimum Gasteiger partial charge on any atom is -0.493 e. The van der Waals surface area contributed by atoms with E-state index in [0.29, 0.717) is 60.1 Å². The molecule has 0 bridgehead atoms. The summed E-state index contributed by atoms with van der Waals surface area (Å²) in [6, 6.07) is 8.82. The molecular formula is C23H22Br2N4O5. The summed E-state index contributed by atoms with van der Waals surface area (Å²) in [4.78, 5) is 31.8. The van der Waals surface area contributed by atoms with Gasteiger partial charge in [0, 0.05) is 27.6 Å². The van der Waals surface area contributed by atoms with Gasteiger partial charge >= 0.3 is 0 Å². The van der Waals surface area contributed by atoms with E-state index in [0.717, 1.165) is 8.95 Å². The van der Waals surface area contributed by atoms with Crippen molar-refractivity contribution in [2.45, 2.75) is 6.92 Å². The molecule has 4 rings (SSSR count). The van der Waals surface area contributed by atoms with Crippen LogP contribution in [0.4, 0.5) is 0 Å². The van der Waals surface area contributed by atoms with Gasteiger partial charge in [-0.15, -0.1) is 0 Å². The fourth-order valence-electron chi connectivity index (χ4n) is 3.54. The second-order valence-electron chi connectivity index (χ2n) is 7.49. The van der Waals surface area contributed by atoms with Crippen molar-refractivity contribution < 1.29 is 19.0 Å². The van der Waals surface area contributed by atoms with Gasteiger partial charge in [0.15, 0.2) is 18.1 Å². The van der Waals surface area contributed by atoms with E-state index in [1.54, 1.807) is 36.1 Å². The highest BCUT2D eigenvalue weighted by Crippen LogP contribution is 2.34. The normalized spacial score (nSPS) is 14.1. The van der Waals surface area contributed by atoms with E-state index in [1.807, 2.05) is 6.07 Å². The van der Waals surface area contributed by atoms with Crippen LogP contribution < -0.4 is 15.0 Å². The van der Waals surface area contributed by atoms with Gasteiger partial charge in [-0.25, -0.2) is 4.98 Å². The average molecular weight is 594 g/mol. The molecule has 2 aromatic carbocycles. The van der Waals surface area contributed by atoms with Crippen LogP contribution in [0.25, 0.3) is 10.9 Å². The van der Waals surface area contributed by atoms with Crippen LogP contribution in [0.1, 0.15) is 11.4 Å². The van der Waals surface area contributed by atoms with E-state index in [-0.39, 0.29) is 18.1 Å². The van der Waals surface area contributed by atoms with Gasteiger partial charge in [0.05, 0.1) is 37.4 Å². The molecule has 9 nitrogen and oxygen atoms in total. The van der Waals surface area contributed by atoms with E-state index in [1.165, 1.54) is 18.0 Å². The molecule has 1 aromatic heterocycles. The second-order valence-corrected chi connectivity index (χ2v) is 9.32. The molecule has 0 radical (unpaired) electrons. The van der Waals surface area contributed by atoms with Crippen molar-refractivity contribution in [1.82, 2.24) is 14.6 Å². The van der Waals surface area contributed by atoms with Crippen molar-refractivity contribution >= 4 is 54.9 Å². The number of carbonyl (C=O) groups excluding carboxylic acids is 1. The molecule has 3 aromatic rings. The number of fused-ring (bicyclic) bond motifs is 1. The Morgan fingerprint density at radius 1 is 1.21 bits per heavy atom. The van der Waals surface area contributed by atoms with Gasteiger partial charge < -0.3 is 19.1 Å². The standard InChI is InChI=1S/C23H22Br2N4O5/c1-14-27-19-4-3-16(24)10-18(19)23(31)29(14)26-12-15-9-17(25)11-20(32-2)22(15)34-13-21(30)28-5-7-33-8-6-28/h3-4,9-12H,5-8,13H2,1-2H3. The van der Waals surface area contributed by atoms with Crippen LogP contribution in [-0.2, 0) is 9.53 Å². The molecular weight excluding hydrogens is 572 g/mol. The molecule has 1 fully saturated rings. The van der Waals surface area contributed by atoms with Gasteiger partial charge in [-0.2, -0.15) is 9.78 Å². The number of nitrogens with zero attached hydrogens (tertiary/aromatic N) is 4. The topological polar surface area (TPSA) is 95.2 Å². The predicted octanol–water partition coefficient (Wildman–Crippen LogP) is 3.36. The van der Waals surface area contributed by atoms with Crippen molar-refractivity contribution in [3.63, 3.8) is 0 Å². The molecule has 1 saturated heterocycles. The number of amides is 1. The third-order valence-electron chi connectivity index (χ3n) is 5.25. The third kappa shape index (κ3) is 5.31. The molecule has 0 spiro atoms. The Bertz CT molecular complexity index is 1320. The number of methoxy groups -OCH3 is 1. The highest BCUT2D eigenvalue weighted by molar-refractivity contribution is 9.10. The van der Waals surface area contributed by atoms with Crippen LogP contribution in [0.5, 0.6) is 11.5 Å².